The lowest BCUT2D eigenvalue weighted by atomic mass is 9.71. The summed E-state index contributed by atoms with van der Waals surface area (Å²) >= 11 is 0. The third-order valence-electron chi connectivity index (χ3n) is 6.48. The lowest BCUT2D eigenvalue weighted by Gasteiger charge is -2.32. The summed E-state index contributed by atoms with van der Waals surface area (Å²) in [6.07, 6.45) is 0. The average molecular weight is 398 g/mol. The molecule has 3 aromatic rings. The van der Waals surface area contributed by atoms with Gasteiger partial charge < -0.3 is 5.32 Å². The molecule has 0 fully saturated rings. The highest BCUT2D eigenvalue weighted by Gasteiger charge is 2.40. The van der Waals surface area contributed by atoms with Crippen LogP contribution < -0.4 is 5.32 Å². The topological polar surface area (TPSA) is 12.0 Å². The first-order chi connectivity index (χ1) is 13.9. The van der Waals surface area contributed by atoms with E-state index in [9.17, 15) is 0 Å². The highest BCUT2D eigenvalue weighted by molar-refractivity contribution is 5.85. The van der Waals surface area contributed by atoms with Crippen LogP contribution in [0.5, 0.6) is 0 Å². The second-order valence-electron chi connectivity index (χ2n) is 11.3. The van der Waals surface area contributed by atoms with Crippen molar-refractivity contribution in [1.82, 2.24) is 0 Å². The zero-order valence-electron chi connectivity index (χ0n) is 19.8. The van der Waals surface area contributed by atoms with E-state index in [1.54, 1.807) is 0 Å². The first-order valence-corrected chi connectivity index (χ1v) is 11.1. The van der Waals surface area contributed by atoms with Gasteiger partial charge in [0.25, 0.3) is 0 Å². The third-order valence-corrected chi connectivity index (χ3v) is 6.48. The molecule has 1 N–H and O–H groups in total. The number of nitrogens with one attached hydrogen (secondary N) is 1. The predicted octanol–water partition coefficient (Wildman–Crippen LogP) is 8.33. The molecule has 0 radical (unpaired) electrons. The molecule has 0 atom stereocenters. The summed E-state index contributed by atoms with van der Waals surface area (Å²) < 4.78 is 0. The standard InChI is InChI=1S/C29H35N/c1-27(2,3)19-16-23-22-15-14-21(30-20-12-10-9-11-13-20)18-24(22)29(7,8)26(23)25(17-19)28(4,5)6/h9-18,30H,1-8H3. The minimum atomic E-state index is -0.0297. The third kappa shape index (κ3) is 3.45. The molecule has 0 aromatic heterocycles. The second-order valence-corrected chi connectivity index (χ2v) is 11.3. The molecule has 1 aliphatic carbocycles. The number of para-hydroxylation sites is 1. The van der Waals surface area contributed by atoms with Gasteiger partial charge in [-0.25, -0.2) is 0 Å². The average Bonchev–Trinajstić information content (AvgIpc) is 2.88. The highest BCUT2D eigenvalue weighted by Crippen LogP contribution is 2.53. The van der Waals surface area contributed by atoms with E-state index < -0.39 is 0 Å². The maximum Gasteiger partial charge on any atom is 0.0387 e. The fourth-order valence-electron chi connectivity index (χ4n) is 4.75. The van der Waals surface area contributed by atoms with Crippen LogP contribution in [-0.4, -0.2) is 0 Å². The SMILES string of the molecule is CC(C)(C)c1cc2c(c(C(C)(C)C)c1)C(C)(C)c1cc(Nc3ccccc3)ccc1-2. The summed E-state index contributed by atoms with van der Waals surface area (Å²) in [4.78, 5) is 0. The minimum Gasteiger partial charge on any atom is -0.356 e. The summed E-state index contributed by atoms with van der Waals surface area (Å²) in [5, 5.41) is 3.58. The zero-order chi connectivity index (χ0) is 21.9. The van der Waals surface area contributed by atoms with Crippen molar-refractivity contribution in [2.45, 2.75) is 71.6 Å². The number of fused-ring (bicyclic) bond motifs is 3. The van der Waals surface area contributed by atoms with Gasteiger partial charge >= 0.3 is 0 Å². The molecule has 30 heavy (non-hydrogen) atoms. The Morgan fingerprint density at radius 3 is 1.93 bits per heavy atom. The number of rotatable bonds is 2. The van der Waals surface area contributed by atoms with Gasteiger partial charge in [-0.3, -0.25) is 0 Å². The monoisotopic (exact) mass is 397 g/mol. The molecule has 0 aliphatic heterocycles. The molecule has 1 nitrogen and oxygen atoms in total. The molecule has 3 aromatic carbocycles. The predicted molar refractivity (Wildman–Crippen MR) is 131 cm³/mol. The fourth-order valence-corrected chi connectivity index (χ4v) is 4.75. The van der Waals surface area contributed by atoms with Crippen molar-refractivity contribution in [1.29, 1.82) is 0 Å². The molecule has 0 amide bonds. The minimum absolute atomic E-state index is 0.0297. The van der Waals surface area contributed by atoms with Crippen molar-refractivity contribution in [2.24, 2.45) is 0 Å². The van der Waals surface area contributed by atoms with Gasteiger partial charge in [0.15, 0.2) is 0 Å². The van der Waals surface area contributed by atoms with Gasteiger partial charge in [-0.05, 0) is 68.5 Å². The number of anilines is 2. The number of benzene rings is 3. The maximum atomic E-state index is 3.58. The fraction of sp³-hybridized carbons (Fsp3) is 0.379. The Hall–Kier alpha value is -2.54. The molecule has 0 unspecified atom stereocenters. The molecule has 0 spiro atoms. The maximum absolute atomic E-state index is 3.58. The van der Waals surface area contributed by atoms with E-state index in [0.29, 0.717) is 0 Å². The Labute approximate surface area is 182 Å². The normalized spacial score (nSPS) is 14.9. The Balaban J connectivity index is 1.91. The van der Waals surface area contributed by atoms with E-state index in [1.807, 2.05) is 0 Å². The van der Waals surface area contributed by atoms with Gasteiger partial charge in [-0.1, -0.05) is 91.8 Å². The quantitative estimate of drug-likeness (QED) is 0.458. The Bertz CT molecular complexity index is 1090. The van der Waals surface area contributed by atoms with E-state index in [-0.39, 0.29) is 16.2 Å². The Kier molecular flexibility index (Phi) is 4.65. The summed E-state index contributed by atoms with van der Waals surface area (Å²) in [6.45, 7) is 18.7. The van der Waals surface area contributed by atoms with Crippen molar-refractivity contribution < 1.29 is 0 Å². The van der Waals surface area contributed by atoms with Crippen LogP contribution >= 0.6 is 0 Å². The first kappa shape index (κ1) is 20.7. The number of hydrogen-bond acceptors (Lipinski definition) is 1. The number of hydrogen-bond donors (Lipinski definition) is 1. The highest BCUT2D eigenvalue weighted by atomic mass is 14.9. The molecule has 0 heterocycles. The Morgan fingerprint density at radius 2 is 1.33 bits per heavy atom. The molecule has 0 bridgehead atoms. The molecular weight excluding hydrogens is 362 g/mol. The lowest BCUT2D eigenvalue weighted by molar-refractivity contribution is 0.545. The molecule has 0 saturated heterocycles. The van der Waals surface area contributed by atoms with Gasteiger partial charge in [0.05, 0.1) is 0 Å². The molecule has 4 rings (SSSR count). The van der Waals surface area contributed by atoms with E-state index in [1.165, 1.54) is 33.4 Å². The molecule has 1 heteroatoms. The smallest absolute Gasteiger partial charge is 0.0387 e. The summed E-state index contributed by atoms with van der Waals surface area (Å²) in [6, 6.07) is 22.2. The van der Waals surface area contributed by atoms with Crippen LogP contribution in [0.3, 0.4) is 0 Å². The van der Waals surface area contributed by atoms with Crippen molar-refractivity contribution in [3.8, 4) is 11.1 Å². The van der Waals surface area contributed by atoms with E-state index in [0.717, 1.165) is 11.4 Å². The van der Waals surface area contributed by atoms with Crippen molar-refractivity contribution in [3.05, 3.63) is 82.9 Å². The lowest BCUT2D eigenvalue weighted by Crippen LogP contribution is -2.24. The summed E-state index contributed by atoms with van der Waals surface area (Å²) in [5.41, 5.74) is 11.0. The van der Waals surface area contributed by atoms with E-state index in [2.05, 4.69) is 121 Å². The van der Waals surface area contributed by atoms with Crippen LogP contribution in [-0.2, 0) is 16.2 Å². The zero-order valence-corrected chi connectivity index (χ0v) is 19.8. The van der Waals surface area contributed by atoms with Crippen molar-refractivity contribution in [3.63, 3.8) is 0 Å². The van der Waals surface area contributed by atoms with Gasteiger partial charge in [-0.15, -0.1) is 0 Å². The van der Waals surface area contributed by atoms with E-state index in [4.69, 9.17) is 0 Å². The van der Waals surface area contributed by atoms with Crippen molar-refractivity contribution >= 4 is 11.4 Å². The van der Waals surface area contributed by atoms with Crippen LogP contribution in [0.1, 0.15) is 77.6 Å². The molecule has 156 valence electrons. The van der Waals surface area contributed by atoms with Gasteiger partial charge in [0, 0.05) is 16.8 Å². The van der Waals surface area contributed by atoms with Crippen LogP contribution in [0.15, 0.2) is 60.7 Å². The largest absolute Gasteiger partial charge is 0.356 e. The second kappa shape index (κ2) is 6.74. The van der Waals surface area contributed by atoms with Crippen LogP contribution in [0.2, 0.25) is 0 Å². The van der Waals surface area contributed by atoms with Gasteiger partial charge in [0.1, 0.15) is 0 Å². The van der Waals surface area contributed by atoms with Gasteiger partial charge in [0.2, 0.25) is 0 Å². The molecule has 0 saturated carbocycles. The van der Waals surface area contributed by atoms with Crippen LogP contribution in [0, 0.1) is 0 Å². The van der Waals surface area contributed by atoms with E-state index >= 15 is 0 Å². The Morgan fingerprint density at radius 1 is 0.667 bits per heavy atom. The molecule has 1 aliphatic rings. The van der Waals surface area contributed by atoms with Crippen molar-refractivity contribution in [2.75, 3.05) is 5.32 Å². The van der Waals surface area contributed by atoms with Crippen LogP contribution in [0.25, 0.3) is 11.1 Å². The van der Waals surface area contributed by atoms with Crippen LogP contribution in [0.4, 0.5) is 11.4 Å². The summed E-state index contributed by atoms with van der Waals surface area (Å²) in [5.74, 6) is 0. The van der Waals surface area contributed by atoms with Gasteiger partial charge in [-0.2, -0.15) is 0 Å². The molecular formula is C29H35N. The summed E-state index contributed by atoms with van der Waals surface area (Å²) in [7, 11) is 0. The first-order valence-electron chi connectivity index (χ1n) is 11.1.